The van der Waals surface area contributed by atoms with Crippen molar-refractivity contribution in [3.05, 3.63) is 17.5 Å². The third kappa shape index (κ3) is 5.73. The van der Waals surface area contributed by atoms with Gasteiger partial charge in [-0.1, -0.05) is 20.8 Å². The minimum Gasteiger partial charge on any atom is -0.354 e. The smallest absolute Gasteiger partial charge is 0.272 e. The third-order valence-electron chi connectivity index (χ3n) is 6.86. The van der Waals surface area contributed by atoms with E-state index in [2.05, 4.69) is 46.3 Å². The van der Waals surface area contributed by atoms with E-state index in [9.17, 15) is 14.4 Å². The maximum absolute atomic E-state index is 13.0. The van der Waals surface area contributed by atoms with Crippen molar-refractivity contribution in [3.8, 4) is 0 Å². The average Bonchev–Trinajstić information content (AvgIpc) is 3.21. The average molecular weight is 462 g/mol. The number of hydrogen-bond acceptors (Lipinski definition) is 6. The number of carbonyl (C=O) groups is 3. The lowest BCUT2D eigenvalue weighted by molar-refractivity contribution is -0.132. The summed E-state index contributed by atoms with van der Waals surface area (Å²) in [6, 6.07) is 1.52. The Kier molecular flexibility index (Phi) is 8.12. The number of likely N-dealkylation sites (N-methyl/N-ethyl adjacent to an activating group) is 2. The molecule has 1 fully saturated rings. The lowest BCUT2D eigenvalue weighted by Crippen LogP contribution is -2.62. The van der Waals surface area contributed by atoms with E-state index in [0.29, 0.717) is 24.7 Å². The molecule has 1 atom stereocenters. The lowest BCUT2D eigenvalue weighted by Gasteiger charge is -2.40. The van der Waals surface area contributed by atoms with Crippen LogP contribution in [0.1, 0.15) is 55.1 Å². The minimum absolute atomic E-state index is 0.201. The fourth-order valence-corrected chi connectivity index (χ4v) is 4.25. The Morgan fingerprint density at radius 2 is 1.79 bits per heavy atom. The van der Waals surface area contributed by atoms with Crippen LogP contribution in [0.15, 0.2) is 6.07 Å². The van der Waals surface area contributed by atoms with Gasteiger partial charge in [0.25, 0.3) is 11.8 Å². The van der Waals surface area contributed by atoms with Crippen LogP contribution in [0.25, 0.3) is 0 Å². The van der Waals surface area contributed by atoms with Crippen LogP contribution in [0, 0.1) is 5.92 Å². The fourth-order valence-electron chi connectivity index (χ4n) is 4.25. The number of nitrogens with zero attached hydrogens (tertiary/aromatic N) is 5. The summed E-state index contributed by atoms with van der Waals surface area (Å²) in [5, 5.41) is 10.2. The number of hydrogen-bond donors (Lipinski definition) is 2. The van der Waals surface area contributed by atoms with Gasteiger partial charge in [-0.05, 0) is 25.8 Å². The van der Waals surface area contributed by atoms with E-state index in [1.165, 1.54) is 15.6 Å². The van der Waals surface area contributed by atoms with Crippen LogP contribution >= 0.6 is 0 Å². The molecule has 2 aliphatic heterocycles. The molecule has 3 heterocycles. The highest BCUT2D eigenvalue weighted by atomic mass is 16.2. The SMILES string of the molecule is CCN1CCN(CCNC(=O)c2cc3n(n2)C[C@@](C)(C(=O)NCCC(C)C)N(C)C3=O)CC1. The molecule has 0 bridgehead atoms. The molecule has 0 unspecified atom stereocenters. The number of rotatable bonds is 9. The summed E-state index contributed by atoms with van der Waals surface area (Å²) in [6.45, 7) is 15.3. The number of carbonyl (C=O) groups excluding carboxylic acids is 3. The Balaban J connectivity index is 1.58. The molecule has 33 heavy (non-hydrogen) atoms. The molecule has 0 aromatic carbocycles. The maximum Gasteiger partial charge on any atom is 0.272 e. The van der Waals surface area contributed by atoms with Gasteiger partial charge in [-0.3, -0.25) is 24.0 Å². The maximum atomic E-state index is 13.0. The zero-order valence-corrected chi connectivity index (χ0v) is 20.7. The van der Waals surface area contributed by atoms with E-state index in [1.807, 2.05) is 0 Å². The van der Waals surface area contributed by atoms with Crippen molar-refractivity contribution in [3.63, 3.8) is 0 Å². The molecule has 184 valence electrons. The molecule has 2 N–H and O–H groups in total. The molecule has 2 aliphatic rings. The first kappa shape index (κ1) is 25.2. The van der Waals surface area contributed by atoms with Crippen molar-refractivity contribution >= 4 is 17.7 Å². The second-order valence-electron chi connectivity index (χ2n) is 9.68. The van der Waals surface area contributed by atoms with Gasteiger partial charge < -0.3 is 20.4 Å². The summed E-state index contributed by atoms with van der Waals surface area (Å²) in [5.74, 6) is -0.358. The van der Waals surface area contributed by atoms with Crippen molar-refractivity contribution in [2.75, 3.05) is 59.4 Å². The summed E-state index contributed by atoms with van der Waals surface area (Å²) in [4.78, 5) is 44.8. The number of aromatic nitrogens is 2. The highest BCUT2D eigenvalue weighted by molar-refractivity contribution is 6.01. The Morgan fingerprint density at radius 1 is 1.12 bits per heavy atom. The molecule has 10 heteroatoms. The van der Waals surface area contributed by atoms with Gasteiger partial charge >= 0.3 is 0 Å². The Hall–Kier alpha value is -2.46. The van der Waals surface area contributed by atoms with Crippen LogP contribution in [0.2, 0.25) is 0 Å². The van der Waals surface area contributed by atoms with Crippen molar-refractivity contribution in [2.45, 2.75) is 46.2 Å². The quantitative estimate of drug-likeness (QED) is 0.547. The van der Waals surface area contributed by atoms with Crippen molar-refractivity contribution in [1.82, 2.24) is 35.1 Å². The monoisotopic (exact) mass is 461 g/mol. The van der Waals surface area contributed by atoms with Crippen LogP contribution in [-0.2, 0) is 11.3 Å². The molecule has 0 spiro atoms. The minimum atomic E-state index is -1.07. The molecule has 0 saturated carbocycles. The number of fused-ring (bicyclic) bond motifs is 1. The number of nitrogens with one attached hydrogen (secondary N) is 2. The molecule has 1 aromatic heterocycles. The van der Waals surface area contributed by atoms with Crippen LogP contribution in [-0.4, -0.2) is 107 Å². The van der Waals surface area contributed by atoms with Gasteiger partial charge in [0, 0.05) is 58.9 Å². The molecule has 0 aliphatic carbocycles. The van der Waals surface area contributed by atoms with Crippen molar-refractivity contribution in [1.29, 1.82) is 0 Å². The van der Waals surface area contributed by atoms with Crippen LogP contribution in [0.5, 0.6) is 0 Å². The second kappa shape index (κ2) is 10.6. The first-order chi connectivity index (χ1) is 15.7. The molecule has 10 nitrogen and oxygen atoms in total. The largest absolute Gasteiger partial charge is 0.354 e. The molecule has 1 saturated heterocycles. The van der Waals surface area contributed by atoms with Gasteiger partial charge in [0.1, 0.15) is 11.2 Å². The van der Waals surface area contributed by atoms with Crippen LogP contribution in [0.3, 0.4) is 0 Å². The highest BCUT2D eigenvalue weighted by Crippen LogP contribution is 2.26. The van der Waals surface area contributed by atoms with E-state index in [1.54, 1.807) is 14.0 Å². The summed E-state index contributed by atoms with van der Waals surface area (Å²) < 4.78 is 1.49. The van der Waals surface area contributed by atoms with Crippen molar-refractivity contribution in [2.24, 2.45) is 5.92 Å². The number of piperazine rings is 1. The van der Waals surface area contributed by atoms with E-state index in [4.69, 9.17) is 0 Å². The Bertz CT molecular complexity index is 860. The zero-order valence-electron chi connectivity index (χ0n) is 20.7. The van der Waals surface area contributed by atoms with Gasteiger partial charge in [-0.25, -0.2) is 0 Å². The van der Waals surface area contributed by atoms with Gasteiger partial charge in [0.05, 0.1) is 6.54 Å². The van der Waals surface area contributed by atoms with Gasteiger partial charge in [-0.2, -0.15) is 5.10 Å². The first-order valence-corrected chi connectivity index (χ1v) is 12.0. The zero-order chi connectivity index (χ0) is 24.2. The molecule has 3 amide bonds. The van der Waals surface area contributed by atoms with Gasteiger partial charge in [0.15, 0.2) is 5.69 Å². The fraction of sp³-hybridized carbons (Fsp3) is 0.739. The number of amides is 3. The summed E-state index contributed by atoms with van der Waals surface area (Å²) >= 11 is 0. The lowest BCUT2D eigenvalue weighted by atomic mass is 9.95. The van der Waals surface area contributed by atoms with E-state index < -0.39 is 5.54 Å². The van der Waals surface area contributed by atoms with Crippen LogP contribution < -0.4 is 10.6 Å². The van der Waals surface area contributed by atoms with Crippen LogP contribution in [0.4, 0.5) is 0 Å². The van der Waals surface area contributed by atoms with E-state index in [-0.39, 0.29) is 30.0 Å². The summed E-state index contributed by atoms with van der Waals surface area (Å²) in [5.41, 5.74) is -0.542. The van der Waals surface area contributed by atoms with E-state index in [0.717, 1.165) is 45.7 Å². The topological polar surface area (TPSA) is 103 Å². The molecular formula is C23H39N7O3. The Labute approximate surface area is 196 Å². The van der Waals surface area contributed by atoms with E-state index >= 15 is 0 Å². The van der Waals surface area contributed by atoms with Crippen molar-refractivity contribution < 1.29 is 14.4 Å². The van der Waals surface area contributed by atoms with Gasteiger partial charge in [-0.15, -0.1) is 0 Å². The normalized spacial score (nSPS) is 21.9. The molecule has 3 rings (SSSR count). The molecular weight excluding hydrogens is 422 g/mol. The Morgan fingerprint density at radius 3 is 2.42 bits per heavy atom. The first-order valence-electron chi connectivity index (χ1n) is 12.0. The molecule has 0 radical (unpaired) electrons. The summed E-state index contributed by atoms with van der Waals surface area (Å²) in [6.07, 6.45) is 0.866. The van der Waals surface area contributed by atoms with Gasteiger partial charge in [0.2, 0.25) is 5.91 Å². The highest BCUT2D eigenvalue weighted by Gasteiger charge is 2.46. The second-order valence-corrected chi connectivity index (χ2v) is 9.68. The summed E-state index contributed by atoms with van der Waals surface area (Å²) in [7, 11) is 1.62. The molecule has 1 aromatic rings. The predicted molar refractivity (Wildman–Crippen MR) is 126 cm³/mol. The predicted octanol–water partition coefficient (Wildman–Crippen LogP) is 0.257. The third-order valence-corrected chi connectivity index (χ3v) is 6.86. The standard InChI is InChI=1S/C23H39N7O3/c1-6-28-11-13-29(14-12-28)10-9-24-20(31)18-15-19-21(32)27(5)23(4,16-30(19)26-18)22(33)25-8-7-17(2)3/h15,17H,6-14,16H2,1-5H3,(H,24,31)(H,25,33)/t23-/m0/s1.